The fourth-order valence-corrected chi connectivity index (χ4v) is 2.00. The van der Waals surface area contributed by atoms with Crippen LogP contribution in [0.25, 0.3) is 0 Å². The third-order valence-corrected chi connectivity index (χ3v) is 2.89. The first-order valence-corrected chi connectivity index (χ1v) is 6.30. The van der Waals surface area contributed by atoms with Crippen molar-refractivity contribution in [3.63, 3.8) is 0 Å². The van der Waals surface area contributed by atoms with Gasteiger partial charge in [0.2, 0.25) is 0 Å². The van der Waals surface area contributed by atoms with Gasteiger partial charge in [-0.05, 0) is 61.3 Å². The summed E-state index contributed by atoms with van der Waals surface area (Å²) in [6.07, 6.45) is 0.752. The molecular formula is C15H16ClNO. The molecule has 0 aliphatic rings. The molecule has 18 heavy (non-hydrogen) atoms. The molecule has 0 aliphatic heterocycles. The third-order valence-electron chi connectivity index (χ3n) is 2.65. The highest BCUT2D eigenvalue weighted by Crippen LogP contribution is 2.28. The Balaban J connectivity index is 2.28. The Morgan fingerprint density at radius 1 is 1.17 bits per heavy atom. The summed E-state index contributed by atoms with van der Waals surface area (Å²) in [4.78, 5) is 0. The summed E-state index contributed by atoms with van der Waals surface area (Å²) in [6, 6.07) is 13.6. The summed E-state index contributed by atoms with van der Waals surface area (Å²) in [5.74, 6) is 1.64. The maximum absolute atomic E-state index is 5.98. The molecule has 0 spiro atoms. The van der Waals surface area contributed by atoms with Crippen molar-refractivity contribution in [3.8, 4) is 11.5 Å². The predicted molar refractivity (Wildman–Crippen MR) is 75.5 cm³/mol. The molecule has 0 amide bonds. The zero-order chi connectivity index (χ0) is 13.0. The second-order valence-corrected chi connectivity index (χ2v) is 4.65. The van der Waals surface area contributed by atoms with E-state index in [0.717, 1.165) is 23.5 Å². The van der Waals surface area contributed by atoms with Crippen molar-refractivity contribution < 1.29 is 4.74 Å². The molecule has 0 aromatic heterocycles. The van der Waals surface area contributed by atoms with E-state index in [1.807, 2.05) is 49.4 Å². The smallest absolute Gasteiger partial charge is 0.130 e. The van der Waals surface area contributed by atoms with Crippen LogP contribution in [-0.2, 0) is 6.42 Å². The van der Waals surface area contributed by atoms with Crippen LogP contribution >= 0.6 is 11.6 Å². The van der Waals surface area contributed by atoms with E-state index in [9.17, 15) is 0 Å². The highest BCUT2D eigenvalue weighted by Gasteiger charge is 2.05. The standard InChI is InChI=1S/C15H16ClNO/c1-11-3-2-4-14(9-11)18-15-6-5-13(16)10-12(15)7-8-17/h2-6,9-10H,7-8,17H2,1H3. The highest BCUT2D eigenvalue weighted by molar-refractivity contribution is 6.30. The van der Waals surface area contributed by atoms with Gasteiger partial charge in [-0.3, -0.25) is 0 Å². The summed E-state index contributed by atoms with van der Waals surface area (Å²) in [6.45, 7) is 2.61. The number of rotatable bonds is 4. The van der Waals surface area contributed by atoms with Crippen molar-refractivity contribution in [3.05, 3.63) is 58.6 Å². The van der Waals surface area contributed by atoms with E-state index in [-0.39, 0.29) is 0 Å². The summed E-state index contributed by atoms with van der Waals surface area (Å²) < 4.78 is 5.88. The molecular weight excluding hydrogens is 246 g/mol. The van der Waals surface area contributed by atoms with Crippen molar-refractivity contribution >= 4 is 11.6 Å². The van der Waals surface area contributed by atoms with Crippen LogP contribution in [0, 0.1) is 6.92 Å². The van der Waals surface area contributed by atoms with Crippen molar-refractivity contribution in [1.82, 2.24) is 0 Å². The summed E-state index contributed by atoms with van der Waals surface area (Å²) in [7, 11) is 0. The minimum Gasteiger partial charge on any atom is -0.457 e. The molecule has 0 heterocycles. The summed E-state index contributed by atoms with van der Waals surface area (Å²) in [5.41, 5.74) is 7.80. The number of nitrogens with two attached hydrogens (primary N) is 1. The summed E-state index contributed by atoms with van der Waals surface area (Å²) in [5, 5.41) is 0.704. The Morgan fingerprint density at radius 3 is 2.72 bits per heavy atom. The van der Waals surface area contributed by atoms with Gasteiger partial charge in [0.15, 0.2) is 0 Å². The minimum absolute atomic E-state index is 0.574. The second kappa shape index (κ2) is 5.89. The lowest BCUT2D eigenvalue weighted by atomic mass is 10.1. The normalized spacial score (nSPS) is 10.4. The lowest BCUT2D eigenvalue weighted by Gasteiger charge is -2.11. The molecule has 2 aromatic carbocycles. The Morgan fingerprint density at radius 2 is 2.00 bits per heavy atom. The van der Waals surface area contributed by atoms with Crippen LogP contribution in [0.1, 0.15) is 11.1 Å². The van der Waals surface area contributed by atoms with Gasteiger partial charge in [-0.25, -0.2) is 0 Å². The van der Waals surface area contributed by atoms with E-state index in [1.54, 1.807) is 0 Å². The molecule has 2 rings (SSSR count). The third kappa shape index (κ3) is 3.25. The van der Waals surface area contributed by atoms with Gasteiger partial charge in [0, 0.05) is 5.02 Å². The minimum atomic E-state index is 0.574. The SMILES string of the molecule is Cc1cccc(Oc2ccc(Cl)cc2CCN)c1. The number of hydrogen-bond donors (Lipinski definition) is 1. The monoisotopic (exact) mass is 261 g/mol. The molecule has 0 fully saturated rings. The molecule has 0 radical (unpaired) electrons. The first-order valence-electron chi connectivity index (χ1n) is 5.92. The maximum atomic E-state index is 5.98. The number of hydrogen-bond acceptors (Lipinski definition) is 2. The van der Waals surface area contributed by atoms with Gasteiger partial charge < -0.3 is 10.5 Å². The zero-order valence-electron chi connectivity index (χ0n) is 10.3. The predicted octanol–water partition coefficient (Wildman–Crippen LogP) is 3.94. The second-order valence-electron chi connectivity index (χ2n) is 4.21. The first-order chi connectivity index (χ1) is 8.69. The van der Waals surface area contributed by atoms with Crippen LogP contribution in [0.4, 0.5) is 0 Å². The Kier molecular flexibility index (Phi) is 4.24. The van der Waals surface area contributed by atoms with Crippen molar-refractivity contribution in [2.45, 2.75) is 13.3 Å². The van der Waals surface area contributed by atoms with E-state index in [4.69, 9.17) is 22.1 Å². The van der Waals surface area contributed by atoms with E-state index < -0.39 is 0 Å². The number of halogens is 1. The molecule has 0 saturated carbocycles. The molecule has 2 aromatic rings. The molecule has 3 heteroatoms. The van der Waals surface area contributed by atoms with E-state index in [1.165, 1.54) is 5.56 Å². The van der Waals surface area contributed by atoms with Crippen LogP contribution in [-0.4, -0.2) is 6.54 Å². The lowest BCUT2D eigenvalue weighted by molar-refractivity contribution is 0.476. The Bertz CT molecular complexity index is 540. The quantitative estimate of drug-likeness (QED) is 0.905. The number of aryl methyl sites for hydroxylation is 1. The molecule has 0 unspecified atom stereocenters. The van der Waals surface area contributed by atoms with E-state index in [2.05, 4.69) is 0 Å². The van der Waals surface area contributed by atoms with Crippen molar-refractivity contribution in [1.29, 1.82) is 0 Å². The zero-order valence-corrected chi connectivity index (χ0v) is 11.1. The largest absolute Gasteiger partial charge is 0.457 e. The average molecular weight is 262 g/mol. The van der Waals surface area contributed by atoms with Crippen LogP contribution in [0.15, 0.2) is 42.5 Å². The lowest BCUT2D eigenvalue weighted by Crippen LogP contribution is -2.04. The fourth-order valence-electron chi connectivity index (χ4n) is 1.80. The summed E-state index contributed by atoms with van der Waals surface area (Å²) >= 11 is 5.98. The Labute approximate surface area is 112 Å². The maximum Gasteiger partial charge on any atom is 0.130 e. The highest BCUT2D eigenvalue weighted by atomic mass is 35.5. The molecule has 0 aliphatic carbocycles. The van der Waals surface area contributed by atoms with Crippen molar-refractivity contribution in [2.24, 2.45) is 5.73 Å². The topological polar surface area (TPSA) is 35.2 Å². The van der Waals surface area contributed by atoms with Gasteiger partial charge >= 0.3 is 0 Å². The van der Waals surface area contributed by atoms with Gasteiger partial charge in [0.25, 0.3) is 0 Å². The van der Waals surface area contributed by atoms with Gasteiger partial charge in [-0.2, -0.15) is 0 Å². The number of ether oxygens (including phenoxy) is 1. The number of benzene rings is 2. The van der Waals surface area contributed by atoms with Crippen LogP contribution < -0.4 is 10.5 Å². The fraction of sp³-hybridized carbons (Fsp3) is 0.200. The molecule has 2 nitrogen and oxygen atoms in total. The van der Waals surface area contributed by atoms with Crippen LogP contribution in [0.5, 0.6) is 11.5 Å². The molecule has 2 N–H and O–H groups in total. The van der Waals surface area contributed by atoms with Gasteiger partial charge in [0.1, 0.15) is 11.5 Å². The van der Waals surface area contributed by atoms with Gasteiger partial charge in [0.05, 0.1) is 0 Å². The molecule has 0 bridgehead atoms. The van der Waals surface area contributed by atoms with Gasteiger partial charge in [-0.15, -0.1) is 0 Å². The molecule has 0 saturated heterocycles. The molecule has 94 valence electrons. The molecule has 0 atom stereocenters. The van der Waals surface area contributed by atoms with Crippen LogP contribution in [0.3, 0.4) is 0 Å². The van der Waals surface area contributed by atoms with Crippen molar-refractivity contribution in [2.75, 3.05) is 6.54 Å². The van der Waals surface area contributed by atoms with E-state index >= 15 is 0 Å². The van der Waals surface area contributed by atoms with Gasteiger partial charge in [-0.1, -0.05) is 23.7 Å². The Hall–Kier alpha value is -1.51. The first kappa shape index (κ1) is 12.9. The van der Waals surface area contributed by atoms with E-state index in [0.29, 0.717) is 11.6 Å². The average Bonchev–Trinajstić information content (AvgIpc) is 2.33. The van der Waals surface area contributed by atoms with Crippen LogP contribution in [0.2, 0.25) is 5.02 Å².